The summed E-state index contributed by atoms with van der Waals surface area (Å²) in [5, 5.41) is 2.78. The first kappa shape index (κ1) is 21.0. The molecular weight excluding hydrogens is 358 g/mol. The van der Waals surface area contributed by atoms with E-state index >= 15 is 0 Å². The van der Waals surface area contributed by atoms with E-state index in [1.54, 1.807) is 38.5 Å². The van der Waals surface area contributed by atoms with Crippen LogP contribution in [-0.2, 0) is 14.3 Å². The Hall–Kier alpha value is -3.28. The van der Waals surface area contributed by atoms with Gasteiger partial charge in [0.15, 0.2) is 6.61 Å². The second-order valence-corrected chi connectivity index (χ2v) is 6.25. The molecule has 0 saturated carbocycles. The Morgan fingerprint density at radius 3 is 2.57 bits per heavy atom. The Morgan fingerprint density at radius 1 is 1.11 bits per heavy atom. The van der Waals surface area contributed by atoms with E-state index in [0.717, 1.165) is 16.7 Å². The predicted molar refractivity (Wildman–Crippen MR) is 107 cm³/mol. The van der Waals surface area contributed by atoms with E-state index < -0.39 is 11.9 Å². The summed E-state index contributed by atoms with van der Waals surface area (Å²) in [7, 11) is 3.13. The molecule has 28 heavy (non-hydrogen) atoms. The van der Waals surface area contributed by atoms with Crippen LogP contribution in [0.2, 0.25) is 0 Å². The third-order valence-corrected chi connectivity index (χ3v) is 4.08. The van der Waals surface area contributed by atoms with Gasteiger partial charge >= 0.3 is 5.97 Å². The zero-order valence-electron chi connectivity index (χ0n) is 16.5. The van der Waals surface area contributed by atoms with Crippen LogP contribution in [0.3, 0.4) is 0 Å². The number of hydrogen-bond acceptors (Lipinski definition) is 5. The number of amides is 1. The third kappa shape index (κ3) is 6.16. The van der Waals surface area contributed by atoms with E-state index in [0.29, 0.717) is 11.5 Å². The first-order valence-corrected chi connectivity index (χ1v) is 8.85. The summed E-state index contributed by atoms with van der Waals surface area (Å²) in [5.74, 6) is 0.300. The molecule has 0 bridgehead atoms. The number of hydrogen-bond donors (Lipinski definition) is 1. The second-order valence-electron chi connectivity index (χ2n) is 6.25. The van der Waals surface area contributed by atoms with Crippen molar-refractivity contribution in [3.05, 3.63) is 65.2 Å². The molecule has 1 amide bonds. The largest absolute Gasteiger partial charge is 0.497 e. The minimum Gasteiger partial charge on any atom is -0.497 e. The molecule has 2 rings (SSSR count). The molecule has 0 aliphatic rings. The lowest BCUT2D eigenvalue weighted by molar-refractivity contribution is -0.144. The van der Waals surface area contributed by atoms with Crippen LogP contribution in [0.5, 0.6) is 11.5 Å². The quantitative estimate of drug-likeness (QED) is 0.558. The molecule has 0 aliphatic heterocycles. The Balaban J connectivity index is 1.89. The van der Waals surface area contributed by atoms with Crippen LogP contribution in [-0.4, -0.2) is 32.7 Å². The molecule has 0 fully saturated rings. The van der Waals surface area contributed by atoms with Gasteiger partial charge in [-0.05, 0) is 43.7 Å². The summed E-state index contributed by atoms with van der Waals surface area (Å²) in [6, 6.07) is 12.7. The van der Waals surface area contributed by atoms with E-state index in [-0.39, 0.29) is 12.6 Å². The minimum absolute atomic E-state index is 0.348. The molecule has 148 valence electrons. The summed E-state index contributed by atoms with van der Waals surface area (Å²) in [5.41, 5.74) is 2.75. The smallest absolute Gasteiger partial charge is 0.331 e. The minimum atomic E-state index is -0.580. The first-order chi connectivity index (χ1) is 13.4. The summed E-state index contributed by atoms with van der Waals surface area (Å²) in [6.45, 7) is 3.42. The predicted octanol–water partition coefficient (Wildman–Crippen LogP) is 3.45. The number of carbonyl (C=O) groups excluding carboxylic acids is 2. The Morgan fingerprint density at radius 2 is 1.89 bits per heavy atom. The van der Waals surface area contributed by atoms with Crippen molar-refractivity contribution in [2.24, 2.45) is 0 Å². The molecule has 0 heterocycles. The highest BCUT2D eigenvalue weighted by molar-refractivity contribution is 5.89. The Labute approximate surface area is 165 Å². The lowest BCUT2D eigenvalue weighted by Crippen LogP contribution is -2.31. The van der Waals surface area contributed by atoms with Crippen molar-refractivity contribution in [3.8, 4) is 11.5 Å². The van der Waals surface area contributed by atoms with Crippen LogP contribution in [0, 0.1) is 6.92 Å². The highest BCUT2D eigenvalue weighted by Gasteiger charge is 2.16. The van der Waals surface area contributed by atoms with Crippen molar-refractivity contribution in [1.82, 2.24) is 5.32 Å². The number of methoxy groups -OCH3 is 2. The number of benzene rings is 2. The van der Waals surface area contributed by atoms with Crippen molar-refractivity contribution in [2.45, 2.75) is 19.9 Å². The lowest BCUT2D eigenvalue weighted by atomic mass is 10.1. The first-order valence-electron chi connectivity index (χ1n) is 8.85. The Bertz CT molecular complexity index is 860. The fraction of sp³-hybridized carbons (Fsp3) is 0.273. The maximum Gasteiger partial charge on any atom is 0.331 e. The molecule has 6 nitrogen and oxygen atoms in total. The van der Waals surface area contributed by atoms with E-state index in [1.807, 2.05) is 38.1 Å². The number of ether oxygens (including phenoxy) is 3. The van der Waals surface area contributed by atoms with Crippen LogP contribution in [0.1, 0.15) is 29.7 Å². The molecule has 2 aromatic carbocycles. The maximum atomic E-state index is 12.1. The van der Waals surface area contributed by atoms with Gasteiger partial charge < -0.3 is 19.5 Å². The molecule has 0 radical (unpaired) electrons. The average Bonchev–Trinajstić information content (AvgIpc) is 2.70. The van der Waals surface area contributed by atoms with Gasteiger partial charge in [-0.3, -0.25) is 4.79 Å². The zero-order chi connectivity index (χ0) is 20.5. The van der Waals surface area contributed by atoms with Crippen LogP contribution in [0.25, 0.3) is 6.08 Å². The molecule has 6 heteroatoms. The number of rotatable bonds is 8. The zero-order valence-corrected chi connectivity index (χ0v) is 16.5. The molecule has 1 N–H and O–H groups in total. The number of esters is 1. The topological polar surface area (TPSA) is 73.9 Å². The molecule has 2 aromatic rings. The van der Waals surface area contributed by atoms with E-state index in [9.17, 15) is 9.59 Å². The van der Waals surface area contributed by atoms with Gasteiger partial charge in [0.25, 0.3) is 5.91 Å². The molecule has 0 aromatic heterocycles. The normalized spacial score (nSPS) is 11.7. The van der Waals surface area contributed by atoms with Crippen LogP contribution in [0.15, 0.2) is 48.5 Å². The second kappa shape index (κ2) is 10.2. The highest BCUT2D eigenvalue weighted by atomic mass is 16.5. The van der Waals surface area contributed by atoms with Crippen LogP contribution < -0.4 is 14.8 Å². The third-order valence-electron chi connectivity index (χ3n) is 4.08. The summed E-state index contributed by atoms with van der Waals surface area (Å²) >= 11 is 0. The van der Waals surface area contributed by atoms with Crippen LogP contribution in [0.4, 0.5) is 0 Å². The highest BCUT2D eigenvalue weighted by Crippen LogP contribution is 2.29. The molecule has 0 unspecified atom stereocenters. The maximum absolute atomic E-state index is 12.1. The van der Waals surface area contributed by atoms with Gasteiger partial charge in [-0.25, -0.2) is 4.79 Å². The number of aryl methyl sites for hydroxylation is 1. The summed E-state index contributed by atoms with van der Waals surface area (Å²) in [4.78, 5) is 23.9. The lowest BCUT2D eigenvalue weighted by Gasteiger charge is -2.18. The van der Waals surface area contributed by atoms with Gasteiger partial charge in [0, 0.05) is 11.6 Å². The van der Waals surface area contributed by atoms with Gasteiger partial charge in [-0.1, -0.05) is 29.8 Å². The fourth-order valence-corrected chi connectivity index (χ4v) is 2.66. The molecule has 0 saturated heterocycles. The SMILES string of the molecule is COc1ccc(OC)c([C@H](C)NC(=O)COC(=O)/C=C/c2cccc(C)c2)c1. The van der Waals surface area contributed by atoms with Gasteiger partial charge in [0.1, 0.15) is 11.5 Å². The van der Waals surface area contributed by atoms with Gasteiger partial charge in [-0.2, -0.15) is 0 Å². The van der Waals surface area contributed by atoms with E-state index in [4.69, 9.17) is 14.2 Å². The van der Waals surface area contributed by atoms with E-state index in [2.05, 4.69) is 5.32 Å². The van der Waals surface area contributed by atoms with Crippen molar-refractivity contribution in [1.29, 1.82) is 0 Å². The molecule has 0 spiro atoms. The van der Waals surface area contributed by atoms with Crippen molar-refractivity contribution < 1.29 is 23.8 Å². The number of nitrogens with one attached hydrogen (secondary N) is 1. The van der Waals surface area contributed by atoms with Gasteiger partial charge in [0.05, 0.1) is 20.3 Å². The Kier molecular flexibility index (Phi) is 7.63. The van der Waals surface area contributed by atoms with Crippen molar-refractivity contribution in [3.63, 3.8) is 0 Å². The monoisotopic (exact) mass is 383 g/mol. The van der Waals surface area contributed by atoms with Crippen molar-refractivity contribution in [2.75, 3.05) is 20.8 Å². The van der Waals surface area contributed by atoms with Crippen molar-refractivity contribution >= 4 is 18.0 Å². The van der Waals surface area contributed by atoms with Gasteiger partial charge in [0.2, 0.25) is 0 Å². The summed E-state index contributed by atoms with van der Waals surface area (Å²) in [6.07, 6.45) is 2.95. The standard InChI is InChI=1S/C22H25NO5/c1-15-6-5-7-17(12-15)8-11-22(25)28-14-21(24)23-16(2)19-13-18(26-3)9-10-20(19)27-4/h5-13,16H,14H2,1-4H3,(H,23,24)/b11-8+/t16-/m0/s1. The molecule has 1 atom stereocenters. The summed E-state index contributed by atoms with van der Waals surface area (Å²) < 4.78 is 15.5. The van der Waals surface area contributed by atoms with Gasteiger partial charge in [-0.15, -0.1) is 0 Å². The molecular formula is C22H25NO5. The average molecular weight is 383 g/mol. The molecule has 0 aliphatic carbocycles. The number of carbonyl (C=O) groups is 2. The fourth-order valence-electron chi connectivity index (χ4n) is 2.66. The van der Waals surface area contributed by atoms with Crippen LogP contribution >= 0.6 is 0 Å². The van der Waals surface area contributed by atoms with E-state index in [1.165, 1.54) is 6.08 Å².